The molecule has 0 atom stereocenters. The quantitative estimate of drug-likeness (QED) is 0.0909. The maximum absolute atomic E-state index is 9.63. The van der Waals surface area contributed by atoms with Gasteiger partial charge in [0.25, 0.3) is 0 Å². The van der Waals surface area contributed by atoms with Gasteiger partial charge in [-0.15, -0.1) is 0 Å². The molecule has 0 spiro atoms. The average molecular weight is 746 g/mol. The van der Waals surface area contributed by atoms with Crippen LogP contribution in [0.3, 0.4) is 0 Å². The third-order valence-corrected chi connectivity index (χ3v) is 6.81. The Morgan fingerprint density at radius 3 is 1.43 bits per heavy atom. The molecular formula is C37H46BrCuO7. The summed E-state index contributed by atoms with van der Waals surface area (Å²) in [7, 11) is 3.32. The average Bonchev–Trinajstić information content (AvgIpc) is 2.97. The Labute approximate surface area is 293 Å². The number of aromatic hydroxyl groups is 1. The van der Waals surface area contributed by atoms with E-state index in [1.54, 1.807) is 20.3 Å². The maximum atomic E-state index is 9.63. The van der Waals surface area contributed by atoms with Crippen LogP contribution in [0.25, 0.3) is 0 Å². The summed E-state index contributed by atoms with van der Waals surface area (Å²) >= 11 is 3.32. The van der Waals surface area contributed by atoms with Gasteiger partial charge in [-0.3, -0.25) is 0 Å². The van der Waals surface area contributed by atoms with Crippen LogP contribution in [0.5, 0.6) is 28.7 Å². The molecule has 4 rings (SSSR count). The van der Waals surface area contributed by atoms with Crippen LogP contribution in [-0.2, 0) is 37.6 Å². The summed E-state index contributed by atoms with van der Waals surface area (Å²) in [6.45, 7) is 17.7. The van der Waals surface area contributed by atoms with Crippen molar-refractivity contribution in [2.45, 2.75) is 66.2 Å². The second kappa shape index (κ2) is 20.6. The molecule has 0 aliphatic carbocycles. The Morgan fingerprint density at radius 1 is 0.652 bits per heavy atom. The van der Waals surface area contributed by atoms with E-state index in [9.17, 15) is 5.11 Å². The number of rotatable bonds is 5. The molecule has 0 amide bonds. The van der Waals surface area contributed by atoms with Crippen LogP contribution in [0.15, 0.2) is 89.4 Å². The number of hydrogen-bond acceptors (Lipinski definition) is 7. The standard InChI is InChI=1S/C18H22O2.C11H16O.C7H7BrO.CHO3.Cu/c1-13-6-11-16(18(2,3)4)17(12-13)20-15-9-7-14(19-5)8-10-15;1-8-5-6-9(10(12)7-8)11(2,3)4;1-9-7-4-2-6(8)3-5-7;2-1-4-3;/h6-12H,1-5H3;5-7,12H,1-4H3;2-5H,1H3;3H;/q;;;-1;+1. The first-order chi connectivity index (χ1) is 21.0. The monoisotopic (exact) mass is 744 g/mol. The van der Waals surface area contributed by atoms with E-state index in [4.69, 9.17) is 24.3 Å². The number of methoxy groups -OCH3 is 2. The van der Waals surface area contributed by atoms with E-state index in [0.717, 1.165) is 45.1 Å². The molecule has 7 nitrogen and oxygen atoms in total. The summed E-state index contributed by atoms with van der Waals surface area (Å²) < 4.78 is 17.2. The molecule has 0 fully saturated rings. The number of halogens is 1. The minimum absolute atomic E-state index is 0. The molecular weight excluding hydrogens is 700 g/mol. The smallest absolute Gasteiger partial charge is 0.509 e. The zero-order valence-corrected chi connectivity index (χ0v) is 30.7. The predicted molar refractivity (Wildman–Crippen MR) is 185 cm³/mol. The first kappa shape index (κ1) is 42.5. The van der Waals surface area contributed by atoms with Gasteiger partial charge in [-0.25, -0.2) is 5.26 Å². The van der Waals surface area contributed by atoms with E-state index in [-0.39, 0.29) is 27.9 Å². The maximum Gasteiger partial charge on any atom is 1.00 e. The normalized spacial score (nSPS) is 10.2. The number of ether oxygens (including phenoxy) is 3. The van der Waals surface area contributed by atoms with E-state index in [1.165, 1.54) is 11.1 Å². The van der Waals surface area contributed by atoms with Gasteiger partial charge in [0.2, 0.25) is 0 Å². The van der Waals surface area contributed by atoms with Crippen molar-refractivity contribution in [2.75, 3.05) is 14.2 Å². The second-order valence-corrected chi connectivity index (χ2v) is 13.0. The third kappa shape index (κ3) is 15.7. The van der Waals surface area contributed by atoms with Gasteiger partial charge in [-0.1, -0.05) is 81.7 Å². The fourth-order valence-corrected chi connectivity index (χ4v) is 4.22. The molecule has 4 aromatic rings. The van der Waals surface area contributed by atoms with Crippen molar-refractivity contribution in [3.63, 3.8) is 0 Å². The number of hydrogen-bond donors (Lipinski definition) is 2. The van der Waals surface area contributed by atoms with Gasteiger partial charge >= 0.3 is 17.1 Å². The molecule has 9 heteroatoms. The van der Waals surface area contributed by atoms with Crippen LogP contribution in [-0.4, -0.2) is 31.1 Å². The topological polar surface area (TPSA) is 94.5 Å². The number of phenols is 1. The molecule has 46 heavy (non-hydrogen) atoms. The summed E-state index contributed by atoms with van der Waals surface area (Å²) in [5.41, 5.74) is 4.59. The van der Waals surface area contributed by atoms with Crippen molar-refractivity contribution >= 4 is 22.4 Å². The van der Waals surface area contributed by atoms with Crippen LogP contribution in [0.2, 0.25) is 0 Å². The molecule has 0 aromatic heterocycles. The zero-order chi connectivity index (χ0) is 34.2. The van der Waals surface area contributed by atoms with Gasteiger partial charge in [0.1, 0.15) is 28.7 Å². The molecule has 0 saturated heterocycles. The van der Waals surface area contributed by atoms with Crippen molar-refractivity contribution in [1.29, 1.82) is 0 Å². The van der Waals surface area contributed by atoms with E-state index < -0.39 is 0 Å². The Bertz CT molecular complexity index is 1440. The van der Waals surface area contributed by atoms with Gasteiger partial charge in [0.15, 0.2) is 0 Å². The molecule has 0 radical (unpaired) electrons. The van der Waals surface area contributed by atoms with Gasteiger partial charge in [-0.05, 0) is 109 Å². The van der Waals surface area contributed by atoms with Crippen molar-refractivity contribution in [2.24, 2.45) is 0 Å². The van der Waals surface area contributed by atoms with Crippen LogP contribution in [0.1, 0.15) is 63.8 Å². The van der Waals surface area contributed by atoms with Crippen LogP contribution >= 0.6 is 15.9 Å². The fraction of sp³-hybridized carbons (Fsp3) is 0.324. The van der Waals surface area contributed by atoms with Crippen molar-refractivity contribution in [3.8, 4) is 28.7 Å². The van der Waals surface area contributed by atoms with Gasteiger partial charge in [-0.2, -0.15) is 0 Å². The number of benzene rings is 4. The number of carbonyl (C=O) groups excluding carboxylic acids is 1. The van der Waals surface area contributed by atoms with E-state index in [0.29, 0.717) is 5.75 Å². The molecule has 0 heterocycles. The second-order valence-electron chi connectivity index (χ2n) is 12.1. The Hall–Kier alpha value is -3.49. The van der Waals surface area contributed by atoms with Crippen LogP contribution in [0, 0.1) is 13.8 Å². The molecule has 0 aliphatic rings. The van der Waals surface area contributed by atoms with Crippen LogP contribution < -0.4 is 14.2 Å². The molecule has 0 bridgehead atoms. The number of aryl methyl sites for hydroxylation is 2. The van der Waals surface area contributed by atoms with Gasteiger partial charge in [0, 0.05) is 10.0 Å². The van der Waals surface area contributed by atoms with Gasteiger partial charge < -0.3 is 29.0 Å². The van der Waals surface area contributed by atoms with Crippen molar-refractivity contribution < 1.29 is 51.3 Å². The predicted octanol–water partition coefficient (Wildman–Crippen LogP) is 10.1. The summed E-state index contributed by atoms with van der Waals surface area (Å²) in [5.74, 6) is 3.86. The Morgan fingerprint density at radius 2 is 1.04 bits per heavy atom. The molecule has 0 unspecified atom stereocenters. The molecule has 2 N–H and O–H groups in total. The third-order valence-electron chi connectivity index (χ3n) is 6.28. The summed E-state index contributed by atoms with van der Waals surface area (Å²) in [4.78, 5) is 11.3. The van der Waals surface area contributed by atoms with E-state index in [2.05, 4.69) is 87.5 Å². The minimum atomic E-state index is 0. The van der Waals surface area contributed by atoms with Crippen LogP contribution in [0.4, 0.5) is 0 Å². The zero-order valence-electron chi connectivity index (χ0n) is 28.2. The molecule has 0 aliphatic heterocycles. The SMILES string of the molecule is COc1ccc(Br)cc1.COc1ccc(Oc2cc(C)ccc2C(C)(C)C)cc1.Cc1ccc(C(C)(C)C)c(O)c1.O=[C-]OO.[Cu+]. The minimum Gasteiger partial charge on any atom is -0.509 e. The number of phenolic OH excluding ortho intramolecular Hbond substituents is 1. The molecule has 4 aromatic carbocycles. The summed E-state index contributed by atoms with van der Waals surface area (Å²) in [5, 5.41) is 16.6. The van der Waals surface area contributed by atoms with Gasteiger partial charge in [0.05, 0.1) is 14.2 Å². The van der Waals surface area contributed by atoms with Crippen molar-refractivity contribution in [1.82, 2.24) is 0 Å². The molecule has 0 saturated carbocycles. The first-order valence-electron chi connectivity index (χ1n) is 14.3. The fourth-order valence-electron chi connectivity index (χ4n) is 3.95. The largest absolute Gasteiger partial charge is 1.00 e. The first-order valence-corrected chi connectivity index (χ1v) is 15.0. The van der Waals surface area contributed by atoms with E-state index >= 15 is 0 Å². The Kier molecular flexibility index (Phi) is 19.0. The summed E-state index contributed by atoms with van der Waals surface area (Å²) in [6.07, 6.45) is 0. The molecule has 254 valence electrons. The van der Waals surface area contributed by atoms with E-state index in [1.807, 2.05) is 67.6 Å². The van der Waals surface area contributed by atoms with Crippen molar-refractivity contribution in [3.05, 3.63) is 112 Å². The summed E-state index contributed by atoms with van der Waals surface area (Å²) in [6, 6.07) is 27.5. The Balaban J connectivity index is 0.000000664.